The van der Waals surface area contributed by atoms with Crippen molar-refractivity contribution in [3.05, 3.63) is 29.1 Å². The molecule has 0 spiro atoms. The highest BCUT2D eigenvalue weighted by molar-refractivity contribution is 9.10. The number of hydrogen-bond acceptors (Lipinski definition) is 5. The van der Waals surface area contributed by atoms with Gasteiger partial charge in [-0.15, -0.1) is 10.2 Å². The van der Waals surface area contributed by atoms with Crippen molar-refractivity contribution in [2.24, 2.45) is 0 Å². The highest BCUT2D eigenvalue weighted by Crippen LogP contribution is 2.20. The van der Waals surface area contributed by atoms with Gasteiger partial charge >= 0.3 is 5.97 Å². The topological polar surface area (TPSA) is 69.9 Å². The van der Waals surface area contributed by atoms with Crippen molar-refractivity contribution >= 4 is 21.9 Å². The maximum absolute atomic E-state index is 10.8. The van der Waals surface area contributed by atoms with Gasteiger partial charge in [-0.1, -0.05) is 6.07 Å². The monoisotopic (exact) mass is 324 g/mol. The van der Waals surface area contributed by atoms with Gasteiger partial charge in [0.05, 0.1) is 6.04 Å². The third-order valence-corrected chi connectivity index (χ3v) is 2.96. The molecule has 0 aromatic carbocycles. The van der Waals surface area contributed by atoms with Crippen LogP contribution in [-0.4, -0.2) is 32.3 Å². The summed E-state index contributed by atoms with van der Waals surface area (Å²) in [4.78, 5) is 15.2. The summed E-state index contributed by atoms with van der Waals surface area (Å²) in [7, 11) is 0. The number of esters is 1. The van der Waals surface area contributed by atoms with Crippen LogP contribution in [-0.2, 0) is 9.53 Å². The Morgan fingerprint density at radius 1 is 1.53 bits per heavy atom. The summed E-state index contributed by atoms with van der Waals surface area (Å²) in [5.41, 5.74) is 0.710. The van der Waals surface area contributed by atoms with Gasteiger partial charge in [-0.3, -0.25) is 4.79 Å². The summed E-state index contributed by atoms with van der Waals surface area (Å²) < 4.78 is 7.56. The first kappa shape index (κ1) is 13.7. The summed E-state index contributed by atoms with van der Waals surface area (Å²) >= 11 is 3.32. The van der Waals surface area contributed by atoms with E-state index in [1.54, 1.807) is 6.33 Å². The molecular formula is C12H13BrN4O2. The standard InChI is InChI=1S/C12H13BrN4O2/c1-8(6-19-9(2)18)17-7-14-16-12(17)10-4-3-5-11(13)15-10/h3-5,7-8H,6H2,1-2H3/t8-/m1/s1. The maximum Gasteiger partial charge on any atom is 0.302 e. The van der Waals surface area contributed by atoms with Gasteiger partial charge in [0, 0.05) is 6.92 Å². The fraction of sp³-hybridized carbons (Fsp3) is 0.333. The number of halogens is 1. The average Bonchev–Trinajstić information content (AvgIpc) is 2.85. The van der Waals surface area contributed by atoms with Crippen LogP contribution >= 0.6 is 15.9 Å². The molecule has 0 radical (unpaired) electrons. The van der Waals surface area contributed by atoms with Crippen molar-refractivity contribution in [3.8, 4) is 11.5 Å². The number of carbonyl (C=O) groups excluding carboxylic acids is 1. The van der Waals surface area contributed by atoms with Gasteiger partial charge in [0.2, 0.25) is 0 Å². The summed E-state index contributed by atoms with van der Waals surface area (Å²) in [5, 5.41) is 7.96. The molecule has 0 saturated heterocycles. The van der Waals surface area contributed by atoms with Crippen LogP contribution < -0.4 is 0 Å². The highest BCUT2D eigenvalue weighted by Gasteiger charge is 2.15. The second-order valence-corrected chi connectivity index (χ2v) is 4.87. The zero-order chi connectivity index (χ0) is 13.8. The molecule has 19 heavy (non-hydrogen) atoms. The van der Waals surface area contributed by atoms with E-state index >= 15 is 0 Å². The Bertz CT molecular complexity index is 585. The van der Waals surface area contributed by atoms with Crippen LogP contribution in [0.3, 0.4) is 0 Å². The fourth-order valence-electron chi connectivity index (χ4n) is 1.60. The maximum atomic E-state index is 10.8. The summed E-state index contributed by atoms with van der Waals surface area (Å²) in [6.07, 6.45) is 1.60. The van der Waals surface area contributed by atoms with Gasteiger partial charge in [-0.05, 0) is 35.0 Å². The normalized spacial score (nSPS) is 12.2. The van der Waals surface area contributed by atoms with Crippen LogP contribution in [0.4, 0.5) is 0 Å². The van der Waals surface area contributed by atoms with Crippen LogP contribution in [0.15, 0.2) is 29.1 Å². The van der Waals surface area contributed by atoms with Gasteiger partial charge in [0.1, 0.15) is 23.2 Å². The molecule has 0 aliphatic carbocycles. The lowest BCUT2D eigenvalue weighted by Crippen LogP contribution is -2.15. The number of aromatic nitrogens is 4. The van der Waals surface area contributed by atoms with E-state index < -0.39 is 0 Å². The highest BCUT2D eigenvalue weighted by atomic mass is 79.9. The molecule has 0 amide bonds. The summed E-state index contributed by atoms with van der Waals surface area (Å²) in [6.45, 7) is 3.58. The predicted molar refractivity (Wildman–Crippen MR) is 72.3 cm³/mol. The first-order valence-corrected chi connectivity index (χ1v) is 6.53. The Morgan fingerprint density at radius 3 is 3.00 bits per heavy atom. The van der Waals surface area contributed by atoms with Gasteiger partial charge in [-0.2, -0.15) is 0 Å². The molecule has 0 aliphatic heterocycles. The Hall–Kier alpha value is -1.76. The molecular weight excluding hydrogens is 312 g/mol. The van der Waals surface area contributed by atoms with Crippen LogP contribution in [0.1, 0.15) is 19.9 Å². The zero-order valence-electron chi connectivity index (χ0n) is 10.6. The Labute approximate surface area is 119 Å². The molecule has 2 aromatic heterocycles. The van der Waals surface area contributed by atoms with Gasteiger partial charge in [0.25, 0.3) is 0 Å². The molecule has 0 bridgehead atoms. The quantitative estimate of drug-likeness (QED) is 0.637. The van der Waals surface area contributed by atoms with E-state index in [1.807, 2.05) is 29.7 Å². The molecule has 2 rings (SSSR count). The van der Waals surface area contributed by atoms with Gasteiger partial charge in [-0.25, -0.2) is 4.98 Å². The van der Waals surface area contributed by atoms with Crippen molar-refractivity contribution < 1.29 is 9.53 Å². The first-order valence-electron chi connectivity index (χ1n) is 5.73. The number of hydrogen-bond donors (Lipinski definition) is 0. The van der Waals surface area contributed by atoms with Crippen molar-refractivity contribution in [2.45, 2.75) is 19.9 Å². The predicted octanol–water partition coefficient (Wildman–Crippen LogP) is 2.23. The summed E-state index contributed by atoms with van der Waals surface area (Å²) in [6, 6.07) is 5.51. The van der Waals surface area contributed by atoms with E-state index in [4.69, 9.17) is 4.74 Å². The Balaban J connectivity index is 2.24. The van der Waals surface area contributed by atoms with Crippen LogP contribution in [0.2, 0.25) is 0 Å². The number of pyridine rings is 1. The Morgan fingerprint density at radius 2 is 2.32 bits per heavy atom. The molecule has 0 N–H and O–H groups in total. The lowest BCUT2D eigenvalue weighted by atomic mass is 10.3. The van der Waals surface area contributed by atoms with E-state index in [-0.39, 0.29) is 18.6 Å². The summed E-state index contributed by atoms with van der Waals surface area (Å²) in [5.74, 6) is 0.336. The zero-order valence-corrected chi connectivity index (χ0v) is 12.2. The minimum Gasteiger partial charge on any atom is -0.464 e. The van der Waals surface area contributed by atoms with Crippen LogP contribution in [0.5, 0.6) is 0 Å². The minimum absolute atomic E-state index is 0.0605. The molecule has 0 fully saturated rings. The van der Waals surface area contributed by atoms with Gasteiger partial charge < -0.3 is 9.30 Å². The third kappa shape index (κ3) is 3.37. The smallest absolute Gasteiger partial charge is 0.302 e. The number of carbonyl (C=O) groups is 1. The molecule has 100 valence electrons. The van der Waals surface area contributed by atoms with Crippen molar-refractivity contribution in [1.82, 2.24) is 19.7 Å². The molecule has 2 aromatic rings. The van der Waals surface area contributed by atoms with E-state index in [9.17, 15) is 4.79 Å². The van der Waals surface area contributed by atoms with Gasteiger partial charge in [0.15, 0.2) is 5.82 Å². The molecule has 0 saturated carbocycles. The largest absolute Gasteiger partial charge is 0.464 e. The average molecular weight is 325 g/mol. The number of nitrogens with zero attached hydrogens (tertiary/aromatic N) is 4. The SMILES string of the molecule is CC(=O)OC[C@@H](C)n1cnnc1-c1cccc(Br)n1. The van der Waals surface area contributed by atoms with E-state index in [2.05, 4.69) is 31.1 Å². The molecule has 2 heterocycles. The van der Waals surface area contributed by atoms with Crippen LogP contribution in [0, 0.1) is 0 Å². The van der Waals surface area contributed by atoms with Crippen molar-refractivity contribution in [2.75, 3.05) is 6.61 Å². The Kier molecular flexibility index (Phi) is 4.26. The lowest BCUT2D eigenvalue weighted by molar-refractivity contribution is -0.141. The van der Waals surface area contributed by atoms with Crippen LogP contribution in [0.25, 0.3) is 11.5 Å². The number of rotatable bonds is 4. The second-order valence-electron chi connectivity index (χ2n) is 4.06. The first-order chi connectivity index (χ1) is 9.08. The molecule has 0 unspecified atom stereocenters. The third-order valence-electron chi connectivity index (χ3n) is 2.52. The van der Waals surface area contributed by atoms with Crippen molar-refractivity contribution in [1.29, 1.82) is 0 Å². The molecule has 0 aliphatic rings. The molecule has 1 atom stereocenters. The minimum atomic E-state index is -0.304. The molecule has 7 heteroatoms. The number of ether oxygens (including phenoxy) is 1. The van der Waals surface area contributed by atoms with E-state index in [0.29, 0.717) is 11.5 Å². The second kappa shape index (κ2) is 5.92. The fourth-order valence-corrected chi connectivity index (χ4v) is 1.94. The molecule has 6 nitrogen and oxygen atoms in total. The van der Waals surface area contributed by atoms with E-state index in [0.717, 1.165) is 4.60 Å². The van der Waals surface area contributed by atoms with E-state index in [1.165, 1.54) is 6.92 Å². The lowest BCUT2D eigenvalue weighted by Gasteiger charge is -2.14. The van der Waals surface area contributed by atoms with Crippen molar-refractivity contribution in [3.63, 3.8) is 0 Å².